The number of aryl methyl sites for hydroxylation is 2. The number of benzene rings is 2. The van der Waals surface area contributed by atoms with E-state index < -0.39 is 0 Å². The molecule has 5 nitrogen and oxygen atoms in total. The van der Waals surface area contributed by atoms with Crippen LogP contribution < -0.4 is 5.32 Å². The van der Waals surface area contributed by atoms with Crippen molar-refractivity contribution in [3.05, 3.63) is 72.1 Å². The lowest BCUT2D eigenvalue weighted by Crippen LogP contribution is -2.12. The summed E-state index contributed by atoms with van der Waals surface area (Å²) in [6.45, 7) is 1.45. The van der Waals surface area contributed by atoms with E-state index in [0.717, 1.165) is 17.7 Å². The molecule has 25 heavy (non-hydrogen) atoms. The highest BCUT2D eigenvalue weighted by Gasteiger charge is 2.11. The molecule has 5 heteroatoms. The van der Waals surface area contributed by atoms with Crippen molar-refractivity contribution in [1.29, 1.82) is 0 Å². The number of amides is 1. The minimum Gasteiger partial charge on any atom is -0.508 e. The number of aromatic nitrogens is 2. The number of carbonyl (C=O) groups is 1. The van der Waals surface area contributed by atoms with Crippen molar-refractivity contribution in [2.45, 2.75) is 19.8 Å². The number of anilines is 1. The topological polar surface area (TPSA) is 75.1 Å². The van der Waals surface area contributed by atoms with Crippen molar-refractivity contribution < 1.29 is 9.90 Å². The molecule has 1 amide bonds. The van der Waals surface area contributed by atoms with E-state index in [-0.39, 0.29) is 11.7 Å². The van der Waals surface area contributed by atoms with Gasteiger partial charge in [-0.05, 0) is 42.7 Å². The first kappa shape index (κ1) is 16.6. The molecule has 0 spiro atoms. The number of phenols is 1. The van der Waals surface area contributed by atoms with E-state index in [9.17, 15) is 9.90 Å². The SMILES string of the molecule is CC(=O)Nc1ncc(-c2ccc(O)cc2)nc1CCc1ccccc1. The van der Waals surface area contributed by atoms with Gasteiger partial charge in [0.15, 0.2) is 5.82 Å². The maximum Gasteiger partial charge on any atom is 0.222 e. The maximum atomic E-state index is 11.4. The second-order valence-electron chi connectivity index (χ2n) is 5.76. The largest absolute Gasteiger partial charge is 0.508 e. The standard InChI is InChI=1S/C20H19N3O2/c1-14(24)22-20-18(12-7-15-5-3-2-4-6-15)23-19(13-21-20)16-8-10-17(25)11-9-16/h2-6,8-11,13,25H,7,12H2,1H3,(H,21,22,24). The zero-order valence-electron chi connectivity index (χ0n) is 13.9. The van der Waals surface area contributed by atoms with E-state index in [2.05, 4.69) is 27.4 Å². The number of nitrogens with zero attached hydrogens (tertiary/aromatic N) is 2. The molecule has 3 aromatic rings. The molecule has 0 fully saturated rings. The zero-order valence-corrected chi connectivity index (χ0v) is 13.9. The van der Waals surface area contributed by atoms with Crippen LogP contribution in [0.3, 0.4) is 0 Å². The molecular formula is C20H19N3O2. The predicted molar refractivity (Wildman–Crippen MR) is 97.3 cm³/mol. The molecule has 0 saturated carbocycles. The summed E-state index contributed by atoms with van der Waals surface area (Å²) < 4.78 is 0. The van der Waals surface area contributed by atoms with Crippen LogP contribution in [-0.4, -0.2) is 21.0 Å². The Morgan fingerprint density at radius 2 is 1.76 bits per heavy atom. The molecule has 0 aliphatic rings. The number of phenolic OH excluding ortho intramolecular Hbond substituents is 1. The van der Waals surface area contributed by atoms with E-state index in [1.165, 1.54) is 12.5 Å². The summed E-state index contributed by atoms with van der Waals surface area (Å²) in [6.07, 6.45) is 3.10. The fourth-order valence-corrected chi connectivity index (χ4v) is 2.55. The lowest BCUT2D eigenvalue weighted by atomic mass is 10.1. The average Bonchev–Trinajstić information content (AvgIpc) is 2.62. The molecule has 2 aromatic carbocycles. The van der Waals surface area contributed by atoms with Crippen LogP contribution >= 0.6 is 0 Å². The summed E-state index contributed by atoms with van der Waals surface area (Å²) in [7, 11) is 0. The molecule has 0 aliphatic heterocycles. The monoisotopic (exact) mass is 333 g/mol. The van der Waals surface area contributed by atoms with Gasteiger partial charge in [0.25, 0.3) is 0 Å². The third-order valence-electron chi connectivity index (χ3n) is 3.80. The number of hydrogen-bond donors (Lipinski definition) is 2. The molecule has 0 radical (unpaired) electrons. The summed E-state index contributed by atoms with van der Waals surface area (Å²) in [5, 5.41) is 12.2. The maximum absolute atomic E-state index is 11.4. The zero-order chi connectivity index (χ0) is 17.6. The summed E-state index contributed by atoms with van der Waals surface area (Å²) in [4.78, 5) is 20.5. The first-order valence-electron chi connectivity index (χ1n) is 8.08. The van der Waals surface area contributed by atoms with Gasteiger partial charge >= 0.3 is 0 Å². The van der Waals surface area contributed by atoms with Gasteiger partial charge in [0.1, 0.15) is 5.75 Å². The van der Waals surface area contributed by atoms with Crippen molar-refractivity contribution in [2.75, 3.05) is 5.32 Å². The molecule has 1 aromatic heterocycles. The third kappa shape index (κ3) is 4.41. The van der Waals surface area contributed by atoms with Crippen molar-refractivity contribution >= 4 is 11.7 Å². The lowest BCUT2D eigenvalue weighted by molar-refractivity contribution is -0.114. The summed E-state index contributed by atoms with van der Waals surface area (Å²) >= 11 is 0. The molecule has 0 aliphatic carbocycles. The Morgan fingerprint density at radius 1 is 1.04 bits per heavy atom. The number of aromatic hydroxyl groups is 1. The minimum atomic E-state index is -0.173. The van der Waals surface area contributed by atoms with Gasteiger partial charge in [0.05, 0.1) is 17.6 Å². The highest BCUT2D eigenvalue weighted by atomic mass is 16.3. The molecule has 3 rings (SSSR count). The molecule has 0 saturated heterocycles. The summed E-state index contributed by atoms with van der Waals surface area (Å²) in [5.74, 6) is 0.523. The predicted octanol–water partition coefficient (Wildman–Crippen LogP) is 3.59. The first-order chi connectivity index (χ1) is 12.1. The van der Waals surface area contributed by atoms with E-state index >= 15 is 0 Å². The van der Waals surface area contributed by atoms with Crippen LogP contribution in [0.25, 0.3) is 11.3 Å². The third-order valence-corrected chi connectivity index (χ3v) is 3.80. The Hall–Kier alpha value is -3.21. The Balaban J connectivity index is 1.89. The minimum absolute atomic E-state index is 0.173. The average molecular weight is 333 g/mol. The van der Waals surface area contributed by atoms with E-state index in [1.54, 1.807) is 30.5 Å². The van der Waals surface area contributed by atoms with Crippen molar-refractivity contribution in [3.63, 3.8) is 0 Å². The molecule has 0 bridgehead atoms. The Bertz CT molecular complexity index is 862. The van der Waals surface area contributed by atoms with Gasteiger partial charge in [0, 0.05) is 12.5 Å². The molecule has 0 unspecified atom stereocenters. The van der Waals surface area contributed by atoms with Gasteiger partial charge in [-0.1, -0.05) is 30.3 Å². The second-order valence-corrected chi connectivity index (χ2v) is 5.76. The van der Waals surface area contributed by atoms with E-state index in [1.807, 2.05) is 18.2 Å². The van der Waals surface area contributed by atoms with Crippen LogP contribution in [0.15, 0.2) is 60.8 Å². The molecule has 2 N–H and O–H groups in total. The molecule has 0 atom stereocenters. The van der Waals surface area contributed by atoms with Crippen LogP contribution in [0.5, 0.6) is 5.75 Å². The molecule has 126 valence electrons. The van der Waals surface area contributed by atoms with Gasteiger partial charge in [0.2, 0.25) is 5.91 Å². The molecular weight excluding hydrogens is 314 g/mol. The highest BCUT2D eigenvalue weighted by Crippen LogP contribution is 2.22. The lowest BCUT2D eigenvalue weighted by Gasteiger charge is -2.11. The van der Waals surface area contributed by atoms with Crippen LogP contribution in [0, 0.1) is 0 Å². The first-order valence-corrected chi connectivity index (χ1v) is 8.08. The summed E-state index contributed by atoms with van der Waals surface area (Å²) in [5.41, 5.74) is 3.51. The Kier molecular flexibility index (Phi) is 5.04. The van der Waals surface area contributed by atoms with Gasteiger partial charge in [-0.15, -0.1) is 0 Å². The fourth-order valence-electron chi connectivity index (χ4n) is 2.55. The fraction of sp³-hybridized carbons (Fsp3) is 0.150. The van der Waals surface area contributed by atoms with Gasteiger partial charge in [-0.25, -0.2) is 9.97 Å². The van der Waals surface area contributed by atoms with Gasteiger partial charge in [-0.2, -0.15) is 0 Å². The van der Waals surface area contributed by atoms with Crippen molar-refractivity contribution in [1.82, 2.24) is 9.97 Å². The van der Waals surface area contributed by atoms with E-state index in [4.69, 9.17) is 0 Å². The number of nitrogens with one attached hydrogen (secondary N) is 1. The number of hydrogen-bond acceptors (Lipinski definition) is 4. The van der Waals surface area contributed by atoms with Gasteiger partial charge < -0.3 is 10.4 Å². The number of rotatable bonds is 5. The van der Waals surface area contributed by atoms with E-state index in [0.29, 0.717) is 17.9 Å². The van der Waals surface area contributed by atoms with Crippen molar-refractivity contribution in [2.24, 2.45) is 0 Å². The smallest absolute Gasteiger partial charge is 0.222 e. The number of carbonyl (C=O) groups excluding carboxylic acids is 1. The second kappa shape index (κ2) is 7.57. The molecule has 1 heterocycles. The van der Waals surface area contributed by atoms with Crippen molar-refractivity contribution in [3.8, 4) is 17.0 Å². The van der Waals surface area contributed by atoms with Crippen LogP contribution in [0.4, 0.5) is 5.82 Å². The normalized spacial score (nSPS) is 10.4. The van der Waals surface area contributed by atoms with Gasteiger partial charge in [-0.3, -0.25) is 4.79 Å². The Labute approximate surface area is 146 Å². The van der Waals surface area contributed by atoms with Crippen LogP contribution in [-0.2, 0) is 17.6 Å². The summed E-state index contributed by atoms with van der Waals surface area (Å²) in [6, 6.07) is 16.9. The Morgan fingerprint density at radius 3 is 2.44 bits per heavy atom. The van der Waals surface area contributed by atoms with Crippen LogP contribution in [0.1, 0.15) is 18.2 Å². The van der Waals surface area contributed by atoms with Crippen LogP contribution in [0.2, 0.25) is 0 Å². The quantitative estimate of drug-likeness (QED) is 0.748. The highest BCUT2D eigenvalue weighted by molar-refractivity contribution is 5.88.